The smallest absolute Gasteiger partial charge is 0.234 e. The van der Waals surface area contributed by atoms with E-state index in [-0.39, 0.29) is 11.7 Å². The average molecular weight is 246 g/mol. The van der Waals surface area contributed by atoms with Crippen LogP contribution in [0, 0.1) is 0 Å². The van der Waals surface area contributed by atoms with E-state index >= 15 is 0 Å². The largest absolute Gasteiger partial charge is 0.325 e. The van der Waals surface area contributed by atoms with E-state index in [1.165, 1.54) is 0 Å². The van der Waals surface area contributed by atoms with Crippen LogP contribution in [0.5, 0.6) is 0 Å². The minimum atomic E-state index is -0.0966. The third kappa shape index (κ3) is 2.87. The molecule has 0 fully saturated rings. The fourth-order valence-electron chi connectivity index (χ4n) is 0.734. The van der Waals surface area contributed by atoms with Crippen LogP contribution in [-0.2, 0) is 4.79 Å². The number of benzene rings is 1. The van der Waals surface area contributed by atoms with Crippen molar-refractivity contribution in [2.75, 3.05) is 11.1 Å². The van der Waals surface area contributed by atoms with Crippen LogP contribution in [0.15, 0.2) is 28.7 Å². The average Bonchev–Trinajstić information content (AvgIpc) is 2.09. The minimum absolute atomic E-state index is 0.0966. The molecule has 0 saturated heterocycles. The van der Waals surface area contributed by atoms with Crippen LogP contribution in [-0.4, -0.2) is 11.7 Å². The minimum Gasteiger partial charge on any atom is -0.325 e. The number of carbonyl (C=O) groups excluding carboxylic acids is 1. The molecule has 1 rings (SSSR count). The lowest BCUT2D eigenvalue weighted by Crippen LogP contribution is -2.12. The molecule has 1 amide bonds. The SMILES string of the molecule is O=C(CS)Nc1ccc(Br)cc1. The summed E-state index contributed by atoms with van der Waals surface area (Å²) in [6, 6.07) is 7.39. The van der Waals surface area contributed by atoms with Crippen molar-refractivity contribution < 1.29 is 4.79 Å². The van der Waals surface area contributed by atoms with Crippen molar-refractivity contribution in [2.45, 2.75) is 0 Å². The third-order valence-corrected chi connectivity index (χ3v) is 2.09. The van der Waals surface area contributed by atoms with E-state index in [1.54, 1.807) is 0 Å². The van der Waals surface area contributed by atoms with E-state index in [1.807, 2.05) is 24.3 Å². The highest BCUT2D eigenvalue weighted by atomic mass is 79.9. The molecule has 0 aliphatic carbocycles. The Hall–Kier alpha value is -0.480. The first-order valence-corrected chi connectivity index (χ1v) is 4.81. The topological polar surface area (TPSA) is 29.1 Å². The molecule has 1 aromatic rings. The Morgan fingerprint density at radius 3 is 2.50 bits per heavy atom. The summed E-state index contributed by atoms with van der Waals surface area (Å²) < 4.78 is 0.992. The van der Waals surface area contributed by atoms with Crippen LogP contribution in [0.4, 0.5) is 5.69 Å². The first kappa shape index (κ1) is 9.61. The van der Waals surface area contributed by atoms with Crippen molar-refractivity contribution in [2.24, 2.45) is 0 Å². The molecule has 0 heterocycles. The Balaban J connectivity index is 2.64. The van der Waals surface area contributed by atoms with Crippen LogP contribution in [0.2, 0.25) is 0 Å². The van der Waals surface area contributed by atoms with Gasteiger partial charge in [0.1, 0.15) is 0 Å². The highest BCUT2D eigenvalue weighted by molar-refractivity contribution is 9.10. The van der Waals surface area contributed by atoms with Gasteiger partial charge in [0.25, 0.3) is 0 Å². The number of amides is 1. The van der Waals surface area contributed by atoms with Gasteiger partial charge in [-0.15, -0.1) is 0 Å². The molecule has 0 radical (unpaired) electrons. The van der Waals surface area contributed by atoms with Crippen LogP contribution in [0.1, 0.15) is 0 Å². The Bertz CT molecular complexity index is 273. The summed E-state index contributed by atoms with van der Waals surface area (Å²) >= 11 is 7.15. The summed E-state index contributed by atoms with van der Waals surface area (Å²) in [5.74, 6) is 0.108. The number of nitrogens with one attached hydrogen (secondary N) is 1. The van der Waals surface area contributed by atoms with Crippen molar-refractivity contribution >= 4 is 40.2 Å². The summed E-state index contributed by atoms with van der Waals surface area (Å²) in [6.07, 6.45) is 0. The number of carbonyl (C=O) groups is 1. The predicted octanol–water partition coefficient (Wildman–Crippen LogP) is 2.32. The van der Waals surface area contributed by atoms with E-state index in [9.17, 15) is 4.79 Å². The van der Waals surface area contributed by atoms with Gasteiger partial charge >= 0.3 is 0 Å². The van der Waals surface area contributed by atoms with E-state index in [2.05, 4.69) is 33.9 Å². The lowest BCUT2D eigenvalue weighted by atomic mass is 10.3. The molecule has 0 unspecified atom stereocenters. The van der Waals surface area contributed by atoms with Gasteiger partial charge in [-0.3, -0.25) is 4.79 Å². The number of halogens is 1. The van der Waals surface area contributed by atoms with Gasteiger partial charge in [0.2, 0.25) is 5.91 Å². The standard InChI is InChI=1S/C8H8BrNOS/c9-6-1-3-7(4-2-6)10-8(11)5-12/h1-4,12H,5H2,(H,10,11). The number of rotatable bonds is 2. The maximum atomic E-state index is 10.9. The Morgan fingerprint density at radius 2 is 2.00 bits per heavy atom. The van der Waals surface area contributed by atoms with Gasteiger partial charge < -0.3 is 5.32 Å². The van der Waals surface area contributed by atoms with Crippen molar-refractivity contribution in [3.8, 4) is 0 Å². The van der Waals surface area contributed by atoms with Crippen molar-refractivity contribution in [3.05, 3.63) is 28.7 Å². The van der Waals surface area contributed by atoms with Crippen LogP contribution >= 0.6 is 28.6 Å². The molecule has 0 saturated carbocycles. The predicted molar refractivity (Wildman–Crippen MR) is 56.6 cm³/mol. The zero-order valence-electron chi connectivity index (χ0n) is 6.25. The molecular weight excluding hydrogens is 238 g/mol. The summed E-state index contributed by atoms with van der Waals surface area (Å²) in [6.45, 7) is 0. The maximum Gasteiger partial charge on any atom is 0.234 e. The highest BCUT2D eigenvalue weighted by Crippen LogP contribution is 2.13. The molecule has 0 aliphatic heterocycles. The molecule has 0 bridgehead atoms. The number of hydrogen-bond acceptors (Lipinski definition) is 2. The Kier molecular flexibility index (Phi) is 3.62. The van der Waals surface area contributed by atoms with E-state index < -0.39 is 0 Å². The van der Waals surface area contributed by atoms with Gasteiger partial charge in [0.15, 0.2) is 0 Å². The molecule has 12 heavy (non-hydrogen) atoms. The van der Waals surface area contributed by atoms with Crippen molar-refractivity contribution in [3.63, 3.8) is 0 Å². The summed E-state index contributed by atoms with van der Waals surface area (Å²) in [5.41, 5.74) is 0.789. The maximum absolute atomic E-state index is 10.9. The lowest BCUT2D eigenvalue weighted by Gasteiger charge is -2.01. The summed E-state index contributed by atoms with van der Waals surface area (Å²) in [5, 5.41) is 2.68. The monoisotopic (exact) mass is 245 g/mol. The summed E-state index contributed by atoms with van der Waals surface area (Å²) in [7, 11) is 0. The first-order valence-electron chi connectivity index (χ1n) is 3.38. The van der Waals surface area contributed by atoms with Crippen LogP contribution in [0.25, 0.3) is 0 Å². The molecule has 0 aromatic heterocycles. The van der Waals surface area contributed by atoms with Crippen LogP contribution in [0.3, 0.4) is 0 Å². The molecular formula is C8H8BrNOS. The van der Waals surface area contributed by atoms with Gasteiger partial charge in [-0.05, 0) is 24.3 Å². The number of thiol groups is 1. The number of anilines is 1. The zero-order chi connectivity index (χ0) is 8.97. The molecule has 0 aliphatic rings. The quantitative estimate of drug-likeness (QED) is 0.770. The van der Waals surface area contributed by atoms with Crippen molar-refractivity contribution in [1.29, 1.82) is 0 Å². The number of hydrogen-bond donors (Lipinski definition) is 2. The van der Waals surface area contributed by atoms with Gasteiger partial charge in [0, 0.05) is 10.2 Å². The molecule has 2 nitrogen and oxygen atoms in total. The van der Waals surface area contributed by atoms with Crippen molar-refractivity contribution in [1.82, 2.24) is 0 Å². The zero-order valence-corrected chi connectivity index (χ0v) is 8.73. The first-order chi connectivity index (χ1) is 5.72. The van der Waals surface area contributed by atoms with Crippen LogP contribution < -0.4 is 5.32 Å². The molecule has 1 aromatic carbocycles. The highest BCUT2D eigenvalue weighted by Gasteiger charge is 1.97. The second-order valence-electron chi connectivity index (χ2n) is 2.21. The van der Waals surface area contributed by atoms with Gasteiger partial charge in [-0.1, -0.05) is 15.9 Å². The molecule has 0 spiro atoms. The fraction of sp³-hybridized carbons (Fsp3) is 0.125. The van der Waals surface area contributed by atoms with Gasteiger partial charge in [-0.2, -0.15) is 12.6 Å². The van der Waals surface area contributed by atoms with E-state index in [0.29, 0.717) is 0 Å². The molecule has 64 valence electrons. The fourth-order valence-corrected chi connectivity index (χ4v) is 1.08. The second-order valence-corrected chi connectivity index (χ2v) is 3.45. The molecule has 4 heteroatoms. The summed E-state index contributed by atoms with van der Waals surface area (Å²) in [4.78, 5) is 10.9. The van der Waals surface area contributed by atoms with E-state index in [0.717, 1.165) is 10.2 Å². The lowest BCUT2D eigenvalue weighted by molar-refractivity contribution is -0.113. The molecule has 0 atom stereocenters. The van der Waals surface area contributed by atoms with Gasteiger partial charge in [-0.25, -0.2) is 0 Å². The van der Waals surface area contributed by atoms with Gasteiger partial charge in [0.05, 0.1) is 5.75 Å². The second kappa shape index (κ2) is 4.52. The normalized spacial score (nSPS) is 9.50. The molecule has 1 N–H and O–H groups in total. The Labute approximate surface area is 84.9 Å². The Morgan fingerprint density at radius 1 is 1.42 bits per heavy atom. The third-order valence-electron chi connectivity index (χ3n) is 1.27. The van der Waals surface area contributed by atoms with E-state index in [4.69, 9.17) is 0 Å².